The van der Waals surface area contributed by atoms with Crippen LogP contribution >= 0.6 is 23.1 Å². The predicted octanol–water partition coefficient (Wildman–Crippen LogP) is 3.32. The maximum absolute atomic E-state index is 12.3. The summed E-state index contributed by atoms with van der Waals surface area (Å²) in [5, 5.41) is 7.56. The van der Waals surface area contributed by atoms with E-state index >= 15 is 0 Å². The Hall–Kier alpha value is -1.50. The highest BCUT2D eigenvalue weighted by Gasteiger charge is 2.17. The number of carbonyl (C=O) groups excluding carboxylic acids is 1. The summed E-state index contributed by atoms with van der Waals surface area (Å²) in [6, 6.07) is 7.33. The summed E-state index contributed by atoms with van der Waals surface area (Å²) < 4.78 is 3.91. The van der Waals surface area contributed by atoms with Gasteiger partial charge in [-0.25, -0.2) is 0 Å². The van der Waals surface area contributed by atoms with Crippen LogP contribution in [0.25, 0.3) is 10.4 Å². The minimum Gasteiger partial charge on any atom is -0.351 e. The van der Waals surface area contributed by atoms with Gasteiger partial charge in [-0.2, -0.15) is 0 Å². The third kappa shape index (κ3) is 4.99. The largest absolute Gasteiger partial charge is 0.351 e. The summed E-state index contributed by atoms with van der Waals surface area (Å²) in [5.74, 6) is -0.178. The summed E-state index contributed by atoms with van der Waals surface area (Å²) in [4.78, 5) is 15.4. The van der Waals surface area contributed by atoms with Crippen molar-refractivity contribution in [3.63, 3.8) is 0 Å². The lowest BCUT2D eigenvalue weighted by Crippen LogP contribution is -2.30. The highest BCUT2D eigenvalue weighted by Crippen LogP contribution is 2.27. The Morgan fingerprint density at radius 3 is 2.61 bits per heavy atom. The molecular weight excluding hydrogens is 332 g/mol. The molecule has 1 aromatic carbocycles. The molecule has 0 aliphatic rings. The normalized spacial score (nSPS) is 11.0. The van der Waals surface area contributed by atoms with Crippen molar-refractivity contribution in [1.82, 2.24) is 19.8 Å². The predicted molar refractivity (Wildman–Crippen MR) is 95.1 cm³/mol. The topological polar surface area (TPSA) is 58.1 Å². The van der Waals surface area contributed by atoms with E-state index in [0.717, 1.165) is 36.5 Å². The van der Waals surface area contributed by atoms with Gasteiger partial charge in [-0.1, -0.05) is 42.1 Å². The third-order valence-corrected chi connectivity index (χ3v) is 4.67. The molecule has 2 rings (SSSR count). The standard InChI is InChI=1S/C16H21ClN4OS/c1-3-21(4-2)11-5-10-18-16(22)14-15(23-20-19-14)12-6-8-13(17)9-7-12/h6-9H,3-5,10-11H2,1-2H3,(H,18,22). The number of halogens is 1. The summed E-state index contributed by atoms with van der Waals surface area (Å²) in [5.41, 5.74) is 1.28. The van der Waals surface area contributed by atoms with E-state index in [-0.39, 0.29) is 5.91 Å². The van der Waals surface area contributed by atoms with Gasteiger partial charge in [0.1, 0.15) is 0 Å². The van der Waals surface area contributed by atoms with Crippen LogP contribution in [0.2, 0.25) is 5.02 Å². The lowest BCUT2D eigenvalue weighted by molar-refractivity contribution is 0.0947. The summed E-state index contributed by atoms with van der Waals surface area (Å²) in [6.45, 7) is 7.95. The van der Waals surface area contributed by atoms with Crippen molar-refractivity contribution >= 4 is 29.0 Å². The average molecular weight is 353 g/mol. The van der Waals surface area contributed by atoms with Crippen LogP contribution in [0.4, 0.5) is 0 Å². The van der Waals surface area contributed by atoms with Crippen molar-refractivity contribution in [2.45, 2.75) is 20.3 Å². The van der Waals surface area contributed by atoms with E-state index in [1.807, 2.05) is 12.1 Å². The van der Waals surface area contributed by atoms with Crippen molar-refractivity contribution in [3.05, 3.63) is 35.0 Å². The third-order valence-electron chi connectivity index (χ3n) is 3.64. The molecule has 5 nitrogen and oxygen atoms in total. The fraction of sp³-hybridized carbons (Fsp3) is 0.438. The van der Waals surface area contributed by atoms with Gasteiger partial charge in [0.25, 0.3) is 5.91 Å². The average Bonchev–Trinajstić information content (AvgIpc) is 3.05. The Balaban J connectivity index is 1.93. The molecule has 0 saturated heterocycles. The molecule has 0 unspecified atom stereocenters. The van der Waals surface area contributed by atoms with Crippen LogP contribution < -0.4 is 5.32 Å². The Kier molecular flexibility index (Phi) is 6.95. The van der Waals surface area contributed by atoms with Crippen LogP contribution in [0.15, 0.2) is 24.3 Å². The van der Waals surface area contributed by atoms with Gasteiger partial charge in [0.15, 0.2) is 5.69 Å². The summed E-state index contributed by atoms with van der Waals surface area (Å²) >= 11 is 7.11. The molecule has 0 aliphatic heterocycles. The first-order chi connectivity index (χ1) is 11.2. The van der Waals surface area contributed by atoms with Gasteiger partial charge in [-0.15, -0.1) is 5.10 Å². The zero-order chi connectivity index (χ0) is 16.7. The van der Waals surface area contributed by atoms with Gasteiger partial charge in [0, 0.05) is 11.6 Å². The quantitative estimate of drug-likeness (QED) is 0.740. The minimum atomic E-state index is -0.178. The van der Waals surface area contributed by atoms with E-state index < -0.39 is 0 Å². The van der Waals surface area contributed by atoms with Crippen molar-refractivity contribution in [3.8, 4) is 10.4 Å². The molecule has 0 bridgehead atoms. The number of hydrogen-bond donors (Lipinski definition) is 1. The van der Waals surface area contributed by atoms with E-state index in [4.69, 9.17) is 11.6 Å². The first-order valence-corrected chi connectivity index (χ1v) is 8.89. The van der Waals surface area contributed by atoms with E-state index in [0.29, 0.717) is 17.3 Å². The second-order valence-electron chi connectivity index (χ2n) is 5.09. The van der Waals surface area contributed by atoms with E-state index in [2.05, 4.69) is 33.7 Å². The van der Waals surface area contributed by atoms with Crippen molar-refractivity contribution < 1.29 is 4.79 Å². The molecular formula is C16H21ClN4OS. The molecule has 1 aromatic heterocycles. The maximum Gasteiger partial charge on any atom is 0.273 e. The second kappa shape index (κ2) is 8.96. The van der Waals surface area contributed by atoms with Gasteiger partial charge >= 0.3 is 0 Å². The van der Waals surface area contributed by atoms with Gasteiger partial charge in [-0.05, 0) is 55.3 Å². The fourth-order valence-electron chi connectivity index (χ4n) is 2.26. The van der Waals surface area contributed by atoms with Crippen molar-refractivity contribution in [2.24, 2.45) is 0 Å². The van der Waals surface area contributed by atoms with Crippen LogP contribution in [-0.4, -0.2) is 46.6 Å². The smallest absolute Gasteiger partial charge is 0.273 e. The van der Waals surface area contributed by atoms with Crippen molar-refractivity contribution in [1.29, 1.82) is 0 Å². The zero-order valence-electron chi connectivity index (χ0n) is 13.4. The SMILES string of the molecule is CCN(CC)CCCNC(=O)c1nnsc1-c1ccc(Cl)cc1. The maximum atomic E-state index is 12.3. The Labute approximate surface area is 145 Å². The molecule has 124 valence electrons. The first-order valence-electron chi connectivity index (χ1n) is 7.74. The molecule has 2 aromatic rings. The van der Waals surface area contributed by atoms with Crippen LogP contribution in [0.3, 0.4) is 0 Å². The minimum absolute atomic E-state index is 0.178. The number of hydrogen-bond acceptors (Lipinski definition) is 5. The lowest BCUT2D eigenvalue weighted by atomic mass is 10.1. The fourth-order valence-corrected chi connectivity index (χ4v) is 3.05. The van der Waals surface area contributed by atoms with E-state index in [1.54, 1.807) is 12.1 Å². The monoisotopic (exact) mass is 352 g/mol. The Morgan fingerprint density at radius 1 is 1.26 bits per heavy atom. The molecule has 7 heteroatoms. The molecule has 1 heterocycles. The first kappa shape index (κ1) is 17.8. The highest BCUT2D eigenvalue weighted by atomic mass is 35.5. The Bertz CT molecular complexity index is 625. The van der Waals surface area contributed by atoms with Crippen LogP contribution in [0.5, 0.6) is 0 Å². The van der Waals surface area contributed by atoms with Gasteiger partial charge < -0.3 is 10.2 Å². The highest BCUT2D eigenvalue weighted by molar-refractivity contribution is 7.09. The van der Waals surface area contributed by atoms with Gasteiger partial charge in [0.05, 0.1) is 4.88 Å². The second-order valence-corrected chi connectivity index (χ2v) is 6.28. The number of amides is 1. The lowest BCUT2D eigenvalue weighted by Gasteiger charge is -2.17. The van der Waals surface area contributed by atoms with Crippen LogP contribution in [0.1, 0.15) is 30.8 Å². The number of carbonyl (C=O) groups is 1. The van der Waals surface area contributed by atoms with E-state index in [1.165, 1.54) is 11.5 Å². The molecule has 1 amide bonds. The molecule has 1 N–H and O–H groups in total. The molecule has 0 spiro atoms. The molecule has 0 atom stereocenters. The number of rotatable bonds is 8. The van der Waals surface area contributed by atoms with Gasteiger partial charge in [-0.3, -0.25) is 4.79 Å². The zero-order valence-corrected chi connectivity index (χ0v) is 15.0. The van der Waals surface area contributed by atoms with Crippen LogP contribution in [-0.2, 0) is 0 Å². The molecule has 0 saturated carbocycles. The molecule has 0 fully saturated rings. The van der Waals surface area contributed by atoms with Crippen molar-refractivity contribution in [2.75, 3.05) is 26.2 Å². The number of benzene rings is 1. The Morgan fingerprint density at radius 2 is 1.96 bits per heavy atom. The molecule has 0 radical (unpaired) electrons. The summed E-state index contributed by atoms with van der Waals surface area (Å²) in [7, 11) is 0. The number of nitrogens with one attached hydrogen (secondary N) is 1. The van der Waals surface area contributed by atoms with Crippen LogP contribution in [0, 0.1) is 0 Å². The number of nitrogens with zero attached hydrogens (tertiary/aromatic N) is 3. The van der Waals surface area contributed by atoms with E-state index in [9.17, 15) is 4.79 Å². The molecule has 23 heavy (non-hydrogen) atoms. The molecule has 0 aliphatic carbocycles. The number of aromatic nitrogens is 2. The summed E-state index contributed by atoms with van der Waals surface area (Å²) in [6.07, 6.45) is 0.918. The van der Waals surface area contributed by atoms with Gasteiger partial charge in [0.2, 0.25) is 0 Å².